The molecule has 0 saturated heterocycles. The highest BCUT2D eigenvalue weighted by atomic mass is 79.9. The lowest BCUT2D eigenvalue weighted by Crippen LogP contribution is -2.46. The van der Waals surface area contributed by atoms with Crippen LogP contribution in [0.3, 0.4) is 0 Å². The lowest BCUT2D eigenvalue weighted by atomic mass is 9.71. The molecule has 4 rings (SSSR count). The van der Waals surface area contributed by atoms with E-state index in [1.807, 2.05) is 0 Å². The second-order valence-corrected chi connectivity index (χ2v) is 7.89. The molecular weight excluding hydrogens is 314 g/mol. The molecule has 3 unspecified atom stereocenters. The number of rotatable bonds is 1. The summed E-state index contributed by atoms with van der Waals surface area (Å²) in [4.78, 5) is 0. The first kappa shape index (κ1) is 13.1. The summed E-state index contributed by atoms with van der Waals surface area (Å²) in [5, 5.41) is 0. The quantitative estimate of drug-likeness (QED) is 0.815. The van der Waals surface area contributed by atoms with Crippen LogP contribution in [-0.2, 0) is 0 Å². The van der Waals surface area contributed by atoms with E-state index in [9.17, 15) is 0 Å². The van der Waals surface area contributed by atoms with Crippen molar-refractivity contribution in [3.63, 3.8) is 0 Å². The van der Waals surface area contributed by atoms with Crippen molar-refractivity contribution in [2.75, 3.05) is 0 Å². The minimum atomic E-state index is 0.0126. The number of benzene rings is 1. The third-order valence-electron chi connectivity index (χ3n) is 5.42. The molecule has 108 valence electrons. The van der Waals surface area contributed by atoms with E-state index in [2.05, 4.69) is 34.1 Å². The van der Waals surface area contributed by atoms with Gasteiger partial charge in [-0.1, -0.05) is 22.0 Å². The van der Waals surface area contributed by atoms with Gasteiger partial charge < -0.3 is 10.5 Å². The van der Waals surface area contributed by atoms with Crippen LogP contribution >= 0.6 is 15.9 Å². The predicted octanol–water partition coefficient (Wildman–Crippen LogP) is 4.57. The maximum atomic E-state index is 6.51. The van der Waals surface area contributed by atoms with Crippen molar-refractivity contribution >= 4 is 15.9 Å². The van der Waals surface area contributed by atoms with Gasteiger partial charge in [0.25, 0.3) is 0 Å². The van der Waals surface area contributed by atoms with Gasteiger partial charge in [0, 0.05) is 22.5 Å². The number of nitrogens with two attached hydrogens (primary N) is 1. The molecule has 2 fully saturated rings. The monoisotopic (exact) mass is 335 g/mol. The summed E-state index contributed by atoms with van der Waals surface area (Å²) in [6.07, 6.45) is 8.97. The summed E-state index contributed by atoms with van der Waals surface area (Å²) in [7, 11) is 0. The van der Waals surface area contributed by atoms with Gasteiger partial charge in [0.2, 0.25) is 0 Å². The van der Waals surface area contributed by atoms with Gasteiger partial charge in [-0.25, -0.2) is 0 Å². The van der Waals surface area contributed by atoms with Crippen LogP contribution in [0.4, 0.5) is 0 Å². The Hall–Kier alpha value is -0.540. The maximum absolute atomic E-state index is 6.51. The fraction of sp³-hybridized carbons (Fsp3) is 0.647. The Balaban J connectivity index is 1.63. The van der Waals surface area contributed by atoms with Crippen molar-refractivity contribution in [1.82, 2.24) is 0 Å². The van der Waals surface area contributed by atoms with E-state index in [-0.39, 0.29) is 11.6 Å². The lowest BCUT2D eigenvalue weighted by molar-refractivity contribution is -0.0208. The molecule has 20 heavy (non-hydrogen) atoms. The molecule has 1 heterocycles. The van der Waals surface area contributed by atoms with E-state index in [1.165, 1.54) is 44.1 Å². The third-order valence-corrected chi connectivity index (χ3v) is 5.92. The van der Waals surface area contributed by atoms with Gasteiger partial charge in [-0.15, -0.1) is 0 Å². The van der Waals surface area contributed by atoms with Crippen molar-refractivity contribution in [2.45, 2.75) is 56.6 Å². The fourth-order valence-corrected chi connectivity index (χ4v) is 4.65. The van der Waals surface area contributed by atoms with Crippen molar-refractivity contribution in [2.24, 2.45) is 17.6 Å². The van der Waals surface area contributed by atoms with E-state index in [0.717, 1.165) is 28.5 Å². The average Bonchev–Trinajstić information content (AvgIpc) is 3.22. The normalized spacial score (nSPS) is 36.5. The van der Waals surface area contributed by atoms with Crippen LogP contribution < -0.4 is 10.5 Å². The Morgan fingerprint density at radius 1 is 1.15 bits per heavy atom. The van der Waals surface area contributed by atoms with Crippen molar-refractivity contribution in [3.8, 4) is 5.75 Å². The van der Waals surface area contributed by atoms with Gasteiger partial charge >= 0.3 is 0 Å². The summed E-state index contributed by atoms with van der Waals surface area (Å²) in [5.74, 6) is 2.87. The van der Waals surface area contributed by atoms with E-state index in [4.69, 9.17) is 10.5 Å². The molecule has 0 amide bonds. The molecule has 2 nitrogen and oxygen atoms in total. The summed E-state index contributed by atoms with van der Waals surface area (Å²) in [6, 6.07) is 6.40. The van der Waals surface area contributed by atoms with Gasteiger partial charge in [0.05, 0.1) is 0 Å². The highest BCUT2D eigenvalue weighted by Gasteiger charge is 2.46. The lowest BCUT2D eigenvalue weighted by Gasteiger charge is -2.46. The number of fused-ring (bicyclic) bond motifs is 1. The van der Waals surface area contributed by atoms with E-state index >= 15 is 0 Å². The van der Waals surface area contributed by atoms with Crippen molar-refractivity contribution < 1.29 is 4.74 Å². The molecule has 3 aliphatic rings. The predicted molar refractivity (Wildman–Crippen MR) is 83.7 cm³/mol. The van der Waals surface area contributed by atoms with E-state index in [0.29, 0.717) is 0 Å². The smallest absolute Gasteiger partial charge is 0.126 e. The topological polar surface area (TPSA) is 35.2 Å². The van der Waals surface area contributed by atoms with Crippen LogP contribution in [0.2, 0.25) is 0 Å². The molecule has 3 atom stereocenters. The van der Waals surface area contributed by atoms with Crippen LogP contribution in [0, 0.1) is 11.8 Å². The first-order chi connectivity index (χ1) is 9.65. The highest BCUT2D eigenvalue weighted by Crippen LogP contribution is 2.52. The van der Waals surface area contributed by atoms with Crippen molar-refractivity contribution in [3.05, 3.63) is 28.2 Å². The van der Waals surface area contributed by atoms with Crippen LogP contribution in [0.1, 0.15) is 56.6 Å². The zero-order valence-electron chi connectivity index (χ0n) is 11.8. The van der Waals surface area contributed by atoms with Gasteiger partial charge in [-0.05, 0) is 62.5 Å². The fourth-order valence-electron chi connectivity index (χ4n) is 4.31. The summed E-state index contributed by atoms with van der Waals surface area (Å²) < 4.78 is 7.59. The molecule has 1 spiro atoms. The van der Waals surface area contributed by atoms with Crippen LogP contribution in [-0.4, -0.2) is 5.60 Å². The van der Waals surface area contributed by atoms with Gasteiger partial charge in [-0.3, -0.25) is 0 Å². The molecule has 1 aromatic rings. The molecule has 0 bridgehead atoms. The van der Waals surface area contributed by atoms with Crippen LogP contribution in [0.15, 0.2) is 22.7 Å². The molecule has 1 aromatic carbocycles. The second-order valence-electron chi connectivity index (χ2n) is 6.97. The molecule has 2 saturated carbocycles. The first-order valence-electron chi connectivity index (χ1n) is 7.89. The Morgan fingerprint density at radius 3 is 2.80 bits per heavy atom. The molecular formula is C17H22BrNO. The minimum absolute atomic E-state index is 0.0126. The van der Waals surface area contributed by atoms with Crippen LogP contribution in [0.5, 0.6) is 5.75 Å². The zero-order chi connectivity index (χ0) is 13.7. The number of hydrogen-bond acceptors (Lipinski definition) is 2. The van der Waals surface area contributed by atoms with E-state index in [1.54, 1.807) is 0 Å². The second kappa shape index (κ2) is 4.74. The SMILES string of the molecule is NC1CC2(CCCC(C3CC3)C2)Oc2cc(Br)ccc21. The Labute approximate surface area is 129 Å². The third kappa shape index (κ3) is 2.29. The summed E-state index contributed by atoms with van der Waals surface area (Å²) in [6.45, 7) is 0. The molecule has 2 N–H and O–H groups in total. The maximum Gasteiger partial charge on any atom is 0.126 e. The van der Waals surface area contributed by atoms with Gasteiger partial charge in [-0.2, -0.15) is 0 Å². The number of halogens is 1. The summed E-state index contributed by atoms with van der Waals surface area (Å²) >= 11 is 3.55. The highest BCUT2D eigenvalue weighted by molar-refractivity contribution is 9.10. The average molecular weight is 336 g/mol. The number of ether oxygens (including phenoxy) is 1. The molecule has 0 aromatic heterocycles. The van der Waals surface area contributed by atoms with Gasteiger partial charge in [0.1, 0.15) is 11.4 Å². The van der Waals surface area contributed by atoms with Crippen molar-refractivity contribution in [1.29, 1.82) is 0 Å². The largest absolute Gasteiger partial charge is 0.487 e. The summed E-state index contributed by atoms with van der Waals surface area (Å²) in [5.41, 5.74) is 7.63. The zero-order valence-corrected chi connectivity index (χ0v) is 13.4. The standard InChI is InChI=1S/C17H22BrNO/c18-13-5-6-14-15(19)10-17(20-16(14)8-13)7-1-2-12(9-17)11-3-4-11/h5-6,8,11-12,15H,1-4,7,9-10,19H2. The Kier molecular flexibility index (Phi) is 3.11. The Morgan fingerprint density at radius 2 is 2.00 bits per heavy atom. The molecule has 1 aliphatic heterocycles. The molecule has 2 aliphatic carbocycles. The Bertz CT molecular complexity index is 528. The van der Waals surface area contributed by atoms with Gasteiger partial charge in [0.15, 0.2) is 0 Å². The molecule has 3 heteroatoms. The van der Waals surface area contributed by atoms with Crippen LogP contribution in [0.25, 0.3) is 0 Å². The first-order valence-corrected chi connectivity index (χ1v) is 8.69. The molecule has 0 radical (unpaired) electrons. The number of hydrogen-bond donors (Lipinski definition) is 1. The van der Waals surface area contributed by atoms with E-state index < -0.39 is 0 Å². The minimum Gasteiger partial charge on any atom is -0.487 e.